The van der Waals surface area contributed by atoms with Crippen LogP contribution in [0.4, 0.5) is 0 Å². The molecule has 0 aromatic carbocycles. The predicted octanol–water partition coefficient (Wildman–Crippen LogP) is 5.19. The molecule has 2 N–H and O–H groups in total. The summed E-state index contributed by atoms with van der Waals surface area (Å²) in [6.45, 7) is 5.64. The van der Waals surface area contributed by atoms with Gasteiger partial charge >= 0.3 is 17.9 Å². The van der Waals surface area contributed by atoms with Gasteiger partial charge in [-0.25, -0.2) is 24.4 Å². The second-order valence-electron chi connectivity index (χ2n) is 8.52. The van der Waals surface area contributed by atoms with Gasteiger partial charge in [0.2, 0.25) is 0 Å². The topological polar surface area (TPSA) is 136 Å². The molecule has 2 aliphatic heterocycles. The van der Waals surface area contributed by atoms with Gasteiger partial charge in [0, 0.05) is 11.0 Å². The van der Waals surface area contributed by atoms with Gasteiger partial charge in [-0.1, -0.05) is 0 Å². The van der Waals surface area contributed by atoms with Gasteiger partial charge in [0.1, 0.15) is 16.7 Å². The number of ether oxygens (including phenoxy) is 3. The van der Waals surface area contributed by atoms with E-state index in [1.54, 1.807) is 57.2 Å². The smallest absolute Gasteiger partial charge is 0.342 e. The number of rotatable bonds is 6. The van der Waals surface area contributed by atoms with Crippen LogP contribution in [0, 0.1) is 0 Å². The van der Waals surface area contributed by atoms with Crippen LogP contribution in [-0.4, -0.2) is 57.7 Å². The Labute approximate surface area is 223 Å². The minimum Gasteiger partial charge on any atom is -0.462 e. The Morgan fingerprint density at radius 2 is 0.949 bits per heavy atom. The van der Waals surface area contributed by atoms with Crippen molar-refractivity contribution in [2.45, 2.75) is 20.8 Å². The summed E-state index contributed by atoms with van der Waals surface area (Å²) in [6, 6.07) is 8.97. The maximum absolute atomic E-state index is 13.1. The molecule has 0 radical (unpaired) electrons. The molecule has 5 heterocycles. The number of H-pyrrole nitrogens is 2. The van der Waals surface area contributed by atoms with Gasteiger partial charge in [-0.2, -0.15) is 0 Å². The van der Waals surface area contributed by atoms with Crippen LogP contribution in [-0.2, 0) is 14.2 Å². The highest BCUT2D eigenvalue weighted by atomic mass is 16.5. The number of esters is 3. The van der Waals surface area contributed by atoms with Gasteiger partial charge in [-0.3, -0.25) is 0 Å². The van der Waals surface area contributed by atoms with Crippen molar-refractivity contribution in [2.24, 2.45) is 0 Å². The van der Waals surface area contributed by atoms with Crippen molar-refractivity contribution in [1.82, 2.24) is 19.9 Å². The molecular formula is C29H26N4O6. The van der Waals surface area contributed by atoms with Crippen molar-refractivity contribution in [1.29, 1.82) is 0 Å². The minimum atomic E-state index is -0.637. The SMILES string of the molecule is CCOC(=O)c1c2nc(c(C(=O)OCC)c3ccc(cc4ccc([nH]4)c(C(=O)OCC)c4nc1C=C4)[nH]3)C=C2. The summed E-state index contributed by atoms with van der Waals surface area (Å²) in [5.74, 6) is -1.75. The highest BCUT2D eigenvalue weighted by Gasteiger charge is 2.24. The van der Waals surface area contributed by atoms with E-state index >= 15 is 0 Å². The number of aromatic amines is 2. The number of hydrogen-bond donors (Lipinski definition) is 2. The molecule has 198 valence electrons. The van der Waals surface area contributed by atoms with E-state index in [9.17, 15) is 14.4 Å². The molecule has 0 atom stereocenters. The summed E-state index contributed by atoms with van der Waals surface area (Å²) < 4.78 is 16.0. The zero-order valence-corrected chi connectivity index (χ0v) is 21.7. The zero-order chi connectivity index (χ0) is 27.5. The lowest BCUT2D eigenvalue weighted by Gasteiger charge is -2.05. The minimum absolute atomic E-state index is 0.0977. The lowest BCUT2D eigenvalue weighted by molar-refractivity contribution is 0.0517. The molecule has 0 spiro atoms. The average Bonchev–Trinajstić information content (AvgIpc) is 3.71. The zero-order valence-electron chi connectivity index (χ0n) is 21.7. The Balaban J connectivity index is 1.94. The number of fused-ring (bicyclic) bond motifs is 8. The molecule has 0 aliphatic carbocycles. The third kappa shape index (κ3) is 4.96. The van der Waals surface area contributed by atoms with Crippen molar-refractivity contribution >= 4 is 64.3 Å². The lowest BCUT2D eigenvalue weighted by Crippen LogP contribution is -2.10. The number of aromatic nitrogens is 4. The summed E-state index contributed by atoms with van der Waals surface area (Å²) in [5, 5.41) is 0. The average molecular weight is 527 g/mol. The van der Waals surface area contributed by atoms with Crippen LogP contribution in [0.5, 0.6) is 0 Å². The number of nitrogens with one attached hydrogen (secondary N) is 2. The van der Waals surface area contributed by atoms with Gasteiger partial charge in [0.25, 0.3) is 0 Å². The first kappa shape index (κ1) is 25.7. The summed E-state index contributed by atoms with van der Waals surface area (Å²) in [7, 11) is 0. The fourth-order valence-corrected chi connectivity index (χ4v) is 4.39. The molecular weight excluding hydrogens is 500 g/mol. The van der Waals surface area contributed by atoms with E-state index in [4.69, 9.17) is 14.2 Å². The summed E-state index contributed by atoms with van der Waals surface area (Å²) >= 11 is 0. The van der Waals surface area contributed by atoms with Crippen molar-refractivity contribution in [3.63, 3.8) is 0 Å². The predicted molar refractivity (Wildman–Crippen MR) is 147 cm³/mol. The number of carbonyl (C=O) groups is 3. The first-order valence-electron chi connectivity index (χ1n) is 12.6. The van der Waals surface area contributed by atoms with Gasteiger partial charge in [-0.15, -0.1) is 0 Å². The van der Waals surface area contributed by atoms with Crippen molar-refractivity contribution in [2.75, 3.05) is 19.8 Å². The Bertz CT molecular complexity index is 1600. The van der Waals surface area contributed by atoms with Crippen LogP contribution in [0.1, 0.15) is 74.6 Å². The fourth-order valence-electron chi connectivity index (χ4n) is 4.39. The van der Waals surface area contributed by atoms with Gasteiger partial charge in [0.05, 0.1) is 53.6 Å². The molecule has 8 bridgehead atoms. The van der Waals surface area contributed by atoms with Crippen molar-refractivity contribution < 1.29 is 28.6 Å². The van der Waals surface area contributed by atoms with Crippen LogP contribution < -0.4 is 0 Å². The second-order valence-corrected chi connectivity index (χ2v) is 8.52. The van der Waals surface area contributed by atoms with Gasteiger partial charge in [-0.05, 0) is 75.4 Å². The van der Waals surface area contributed by atoms with Crippen molar-refractivity contribution in [3.8, 4) is 0 Å². The van der Waals surface area contributed by atoms with E-state index < -0.39 is 17.9 Å². The van der Waals surface area contributed by atoms with Crippen LogP contribution in [0.15, 0.2) is 30.3 Å². The van der Waals surface area contributed by atoms with E-state index in [1.807, 2.05) is 18.2 Å². The molecule has 0 amide bonds. The van der Waals surface area contributed by atoms with E-state index in [-0.39, 0.29) is 47.9 Å². The van der Waals surface area contributed by atoms with Crippen LogP contribution in [0.3, 0.4) is 0 Å². The largest absolute Gasteiger partial charge is 0.462 e. The van der Waals surface area contributed by atoms with Gasteiger partial charge < -0.3 is 24.2 Å². The molecule has 2 aliphatic rings. The summed E-state index contributed by atoms with van der Waals surface area (Å²) in [4.78, 5) is 54.9. The standard InChI is InChI=1S/C29H26N4O6/c1-4-37-27(34)24-18-9-7-16(30-18)15-17-8-10-19(31-17)25(28(35)38-5-2)21-12-14-23(33-21)26(29(36)39-6-3)22-13-11-20(24)32-22/h7-15,30-31H,4-6H2,1-3H3. The third-order valence-electron chi connectivity index (χ3n) is 6.01. The molecule has 3 aromatic heterocycles. The second kappa shape index (κ2) is 10.8. The molecule has 0 unspecified atom stereocenters. The molecule has 0 fully saturated rings. The molecule has 10 nitrogen and oxygen atoms in total. The first-order chi connectivity index (χ1) is 18.9. The Kier molecular flexibility index (Phi) is 7.09. The van der Waals surface area contributed by atoms with E-state index in [0.717, 1.165) is 0 Å². The van der Waals surface area contributed by atoms with Crippen LogP contribution >= 0.6 is 0 Å². The Morgan fingerprint density at radius 1 is 0.590 bits per heavy atom. The summed E-state index contributed by atoms with van der Waals surface area (Å²) in [5.41, 5.74) is 4.09. The lowest BCUT2D eigenvalue weighted by atomic mass is 10.1. The molecule has 0 saturated heterocycles. The van der Waals surface area contributed by atoms with Crippen molar-refractivity contribution in [3.05, 3.63) is 69.8 Å². The maximum Gasteiger partial charge on any atom is 0.342 e. The summed E-state index contributed by atoms with van der Waals surface area (Å²) in [6.07, 6.45) is 6.52. The molecule has 5 rings (SSSR count). The van der Waals surface area contributed by atoms with Gasteiger partial charge in [0.15, 0.2) is 0 Å². The fraction of sp³-hybridized carbons (Fsp3) is 0.207. The van der Waals surface area contributed by atoms with E-state index in [2.05, 4.69) is 19.9 Å². The maximum atomic E-state index is 13.1. The van der Waals surface area contributed by atoms with E-state index in [0.29, 0.717) is 33.5 Å². The molecule has 3 aromatic rings. The quantitative estimate of drug-likeness (QED) is 0.228. The molecule has 39 heavy (non-hydrogen) atoms. The first-order valence-corrected chi connectivity index (χ1v) is 12.6. The monoisotopic (exact) mass is 526 g/mol. The molecule has 10 heteroatoms. The highest BCUT2D eigenvalue weighted by Crippen LogP contribution is 2.27. The van der Waals surface area contributed by atoms with Crippen LogP contribution in [0.2, 0.25) is 0 Å². The Hall–Kier alpha value is -4.99. The molecule has 0 saturated carbocycles. The third-order valence-corrected chi connectivity index (χ3v) is 6.01. The number of nitrogens with zero attached hydrogens (tertiary/aromatic N) is 2. The van der Waals surface area contributed by atoms with E-state index in [1.165, 1.54) is 0 Å². The normalized spacial score (nSPS) is 11.9. The Morgan fingerprint density at radius 3 is 1.33 bits per heavy atom. The highest BCUT2D eigenvalue weighted by molar-refractivity contribution is 6.05. The number of hydrogen-bond acceptors (Lipinski definition) is 8. The number of carbonyl (C=O) groups excluding carboxylic acids is 3. The van der Waals surface area contributed by atoms with Crippen LogP contribution in [0.25, 0.3) is 46.4 Å².